The summed E-state index contributed by atoms with van der Waals surface area (Å²) >= 11 is 0. The van der Waals surface area contributed by atoms with Crippen LogP contribution in [0, 0.1) is 24.7 Å². The number of ether oxygens (including phenoxy) is 2. The van der Waals surface area contributed by atoms with Crippen LogP contribution in [0.25, 0.3) is 0 Å². The van der Waals surface area contributed by atoms with E-state index >= 15 is 0 Å². The average molecular weight is 329 g/mol. The van der Waals surface area contributed by atoms with Crippen LogP contribution in [-0.2, 0) is 11.2 Å². The van der Waals surface area contributed by atoms with Crippen LogP contribution in [0.1, 0.15) is 29.3 Å². The third-order valence-corrected chi connectivity index (χ3v) is 3.01. The molecule has 0 radical (unpaired) electrons. The highest BCUT2D eigenvalue weighted by Gasteiger charge is 2.16. The van der Waals surface area contributed by atoms with Gasteiger partial charge in [-0.05, 0) is 25.0 Å². The highest BCUT2D eigenvalue weighted by molar-refractivity contribution is 5.89. The second kappa shape index (κ2) is 9.81. The number of carboxylic acids is 1. The summed E-state index contributed by atoms with van der Waals surface area (Å²) in [6.45, 7) is 1.90. The molecule has 0 unspecified atom stereocenters. The van der Waals surface area contributed by atoms with Crippen molar-refractivity contribution in [3.63, 3.8) is 0 Å². The van der Waals surface area contributed by atoms with Gasteiger partial charge in [0.1, 0.15) is 24.7 Å². The molecule has 0 aliphatic rings. The fraction of sp³-hybridized carbons (Fsp3) is 0.333. The Labute approximate surface area is 141 Å². The van der Waals surface area contributed by atoms with E-state index in [0.717, 1.165) is 0 Å². The lowest BCUT2D eigenvalue weighted by molar-refractivity contribution is -0.118. The third-order valence-electron chi connectivity index (χ3n) is 3.01. The Morgan fingerprint density at radius 2 is 1.71 bits per heavy atom. The number of carbonyl (C=O) groups is 2. The van der Waals surface area contributed by atoms with E-state index < -0.39 is 5.97 Å². The summed E-state index contributed by atoms with van der Waals surface area (Å²) in [4.78, 5) is 22.2. The molecule has 6 heteroatoms. The van der Waals surface area contributed by atoms with Crippen molar-refractivity contribution >= 4 is 11.9 Å². The summed E-state index contributed by atoms with van der Waals surface area (Å²) in [5, 5.41) is 11.9. The number of carboxylic acid groups (broad SMARTS) is 1. The Kier molecular flexibility index (Phi) is 7.73. The van der Waals surface area contributed by atoms with Gasteiger partial charge in [-0.15, -0.1) is 12.8 Å². The van der Waals surface area contributed by atoms with Crippen molar-refractivity contribution in [1.29, 1.82) is 0 Å². The lowest BCUT2D eigenvalue weighted by Gasteiger charge is -2.16. The van der Waals surface area contributed by atoms with Gasteiger partial charge < -0.3 is 19.9 Å². The van der Waals surface area contributed by atoms with Gasteiger partial charge >= 0.3 is 5.97 Å². The molecule has 0 heterocycles. The van der Waals surface area contributed by atoms with Gasteiger partial charge in [0, 0.05) is 19.0 Å². The maximum Gasteiger partial charge on any atom is 0.335 e. The highest BCUT2D eigenvalue weighted by atomic mass is 16.5. The monoisotopic (exact) mass is 329 g/mol. The number of hydrogen-bond acceptors (Lipinski definition) is 4. The van der Waals surface area contributed by atoms with Gasteiger partial charge in [-0.2, -0.15) is 0 Å². The fourth-order valence-corrected chi connectivity index (χ4v) is 2.02. The zero-order chi connectivity index (χ0) is 17.9. The van der Waals surface area contributed by atoms with Gasteiger partial charge in [0.15, 0.2) is 0 Å². The van der Waals surface area contributed by atoms with E-state index in [1.165, 1.54) is 19.1 Å². The Hall–Kier alpha value is -3.12. The van der Waals surface area contributed by atoms with E-state index in [1.807, 2.05) is 0 Å². The molecule has 1 aromatic rings. The summed E-state index contributed by atoms with van der Waals surface area (Å²) in [7, 11) is 0. The number of aromatic carboxylic acids is 1. The van der Waals surface area contributed by atoms with E-state index in [0.29, 0.717) is 36.4 Å². The molecular weight excluding hydrogens is 310 g/mol. The van der Waals surface area contributed by atoms with Crippen LogP contribution in [0.4, 0.5) is 0 Å². The minimum atomic E-state index is -1.11. The summed E-state index contributed by atoms with van der Waals surface area (Å²) in [5.74, 6) is 4.11. The quantitative estimate of drug-likeness (QED) is 0.529. The highest BCUT2D eigenvalue weighted by Crippen LogP contribution is 2.32. The summed E-state index contributed by atoms with van der Waals surface area (Å²) in [6, 6.07) is 2.80. The molecule has 1 aromatic carbocycles. The molecule has 0 atom stereocenters. The zero-order valence-electron chi connectivity index (χ0n) is 13.4. The molecule has 1 amide bonds. The number of carbonyl (C=O) groups excluding carboxylic acids is 1. The molecule has 0 spiro atoms. The van der Waals surface area contributed by atoms with E-state index in [4.69, 9.17) is 22.3 Å². The normalized spacial score (nSPS) is 9.46. The van der Waals surface area contributed by atoms with Gasteiger partial charge in [-0.1, -0.05) is 11.8 Å². The summed E-state index contributed by atoms with van der Waals surface area (Å²) in [6.07, 6.45) is 11.5. The molecule has 0 saturated heterocycles. The molecule has 2 N–H and O–H groups in total. The van der Waals surface area contributed by atoms with E-state index in [1.54, 1.807) is 0 Å². The molecule has 0 saturated carbocycles. The predicted octanol–water partition coefficient (Wildman–Crippen LogP) is 1.48. The molecule has 0 aliphatic carbocycles. The van der Waals surface area contributed by atoms with Gasteiger partial charge in [0.25, 0.3) is 0 Å². The smallest absolute Gasteiger partial charge is 0.335 e. The van der Waals surface area contributed by atoms with Crippen LogP contribution in [0.3, 0.4) is 0 Å². The number of terminal acetylenes is 2. The molecular formula is C18H19NO5. The van der Waals surface area contributed by atoms with Crippen molar-refractivity contribution in [2.24, 2.45) is 0 Å². The van der Waals surface area contributed by atoms with Crippen molar-refractivity contribution in [3.05, 3.63) is 23.3 Å². The molecule has 0 bridgehead atoms. The first-order chi connectivity index (χ1) is 11.5. The van der Waals surface area contributed by atoms with Crippen molar-refractivity contribution in [1.82, 2.24) is 5.32 Å². The van der Waals surface area contributed by atoms with Gasteiger partial charge in [0.2, 0.25) is 5.91 Å². The van der Waals surface area contributed by atoms with Crippen LogP contribution < -0.4 is 14.8 Å². The summed E-state index contributed by atoms with van der Waals surface area (Å²) < 4.78 is 10.9. The molecule has 0 aromatic heterocycles. The molecule has 126 valence electrons. The van der Waals surface area contributed by atoms with Crippen LogP contribution in [0.2, 0.25) is 0 Å². The molecule has 24 heavy (non-hydrogen) atoms. The van der Waals surface area contributed by atoms with E-state index in [2.05, 4.69) is 17.2 Å². The topological polar surface area (TPSA) is 84.9 Å². The standard InChI is InChI=1S/C18H19NO5/c1-4-9-23-16-11-14(18(21)22)12-17(24-10-5-2)15(16)7-6-8-19-13(3)20/h1-2,11-12H,6-10H2,3H3,(H,19,20)(H,21,22). The molecule has 0 fully saturated rings. The van der Waals surface area contributed by atoms with Crippen molar-refractivity contribution < 1.29 is 24.2 Å². The minimum Gasteiger partial charge on any atom is -0.481 e. The Morgan fingerprint density at radius 3 is 2.12 bits per heavy atom. The Bertz CT molecular complexity index is 643. The first kappa shape index (κ1) is 18.9. The number of benzene rings is 1. The Balaban J connectivity index is 3.11. The first-order valence-corrected chi connectivity index (χ1v) is 7.26. The summed E-state index contributed by atoms with van der Waals surface area (Å²) in [5.41, 5.74) is 0.676. The van der Waals surface area contributed by atoms with Crippen LogP contribution in [0.15, 0.2) is 12.1 Å². The van der Waals surface area contributed by atoms with Crippen molar-refractivity contribution in [2.45, 2.75) is 19.8 Å². The number of amides is 1. The van der Waals surface area contributed by atoms with E-state index in [-0.39, 0.29) is 24.7 Å². The zero-order valence-corrected chi connectivity index (χ0v) is 13.4. The number of hydrogen-bond donors (Lipinski definition) is 2. The number of rotatable bonds is 9. The maximum absolute atomic E-state index is 11.3. The minimum absolute atomic E-state index is 0.00362. The average Bonchev–Trinajstić information content (AvgIpc) is 2.55. The molecule has 6 nitrogen and oxygen atoms in total. The van der Waals surface area contributed by atoms with Crippen molar-refractivity contribution in [2.75, 3.05) is 19.8 Å². The largest absolute Gasteiger partial charge is 0.481 e. The van der Waals surface area contributed by atoms with Crippen LogP contribution in [0.5, 0.6) is 11.5 Å². The van der Waals surface area contributed by atoms with Gasteiger partial charge in [-0.25, -0.2) is 4.79 Å². The number of nitrogens with one attached hydrogen (secondary N) is 1. The SMILES string of the molecule is C#CCOc1cc(C(=O)O)cc(OCC#C)c1CCCNC(C)=O. The van der Waals surface area contributed by atoms with Gasteiger partial charge in [-0.3, -0.25) is 4.79 Å². The third kappa shape index (κ3) is 5.94. The van der Waals surface area contributed by atoms with Crippen molar-refractivity contribution in [3.8, 4) is 36.2 Å². The van der Waals surface area contributed by atoms with E-state index in [9.17, 15) is 14.7 Å². The Morgan fingerprint density at radius 1 is 1.17 bits per heavy atom. The second-order valence-electron chi connectivity index (χ2n) is 4.83. The van der Waals surface area contributed by atoms with Crippen LogP contribution in [-0.4, -0.2) is 36.7 Å². The fourth-order valence-electron chi connectivity index (χ4n) is 2.02. The second-order valence-corrected chi connectivity index (χ2v) is 4.83. The van der Waals surface area contributed by atoms with Crippen LogP contribution >= 0.6 is 0 Å². The predicted molar refractivity (Wildman–Crippen MR) is 89.1 cm³/mol. The first-order valence-electron chi connectivity index (χ1n) is 7.26. The molecule has 0 aliphatic heterocycles. The van der Waals surface area contributed by atoms with Gasteiger partial charge in [0.05, 0.1) is 5.56 Å². The lowest BCUT2D eigenvalue weighted by Crippen LogP contribution is -2.21. The lowest BCUT2D eigenvalue weighted by atomic mass is 10.0. The maximum atomic E-state index is 11.3. The molecule has 1 rings (SSSR count).